The van der Waals surface area contributed by atoms with E-state index in [2.05, 4.69) is 4.72 Å². The fraction of sp³-hybridized carbons (Fsp3) is 1.00. The van der Waals surface area contributed by atoms with Crippen LogP contribution >= 0.6 is 0 Å². The number of rotatable bonds is 5. The quantitative estimate of drug-likeness (QED) is 0.743. The first-order valence-electron chi connectivity index (χ1n) is 7.55. The molecule has 1 atom stereocenters. The van der Waals surface area contributed by atoms with Crippen LogP contribution in [0, 0.1) is 5.92 Å². The number of hydrogen-bond donors (Lipinski definition) is 2. The lowest BCUT2D eigenvalue weighted by Crippen LogP contribution is -2.47. The molecular weight excluding hydrogens is 314 g/mol. The van der Waals surface area contributed by atoms with Gasteiger partial charge in [0.05, 0.1) is 5.25 Å². The predicted octanol–water partition coefficient (Wildman–Crippen LogP) is 0.154. The van der Waals surface area contributed by atoms with E-state index < -0.39 is 20.2 Å². The van der Waals surface area contributed by atoms with Crippen LogP contribution in [0.2, 0.25) is 0 Å². The van der Waals surface area contributed by atoms with Gasteiger partial charge in [-0.25, -0.2) is 22.6 Å². The third-order valence-corrected chi connectivity index (χ3v) is 7.32. The summed E-state index contributed by atoms with van der Waals surface area (Å²) in [5, 5.41) is 4.67. The van der Waals surface area contributed by atoms with Crippen LogP contribution in [0.4, 0.5) is 0 Å². The van der Waals surface area contributed by atoms with E-state index in [1.165, 1.54) is 0 Å². The largest absolute Gasteiger partial charge is 0.274 e. The molecule has 7 nitrogen and oxygen atoms in total. The molecule has 0 aromatic heterocycles. The van der Waals surface area contributed by atoms with Crippen molar-refractivity contribution in [3.05, 3.63) is 0 Å². The van der Waals surface area contributed by atoms with Gasteiger partial charge in [-0.2, -0.15) is 8.42 Å². The summed E-state index contributed by atoms with van der Waals surface area (Å²) in [7, 11) is -6.96. The highest BCUT2D eigenvalue weighted by Crippen LogP contribution is 2.28. The lowest BCUT2D eigenvalue weighted by molar-refractivity contribution is 0.262. The average molecular weight is 339 g/mol. The second-order valence-corrected chi connectivity index (χ2v) is 9.66. The molecule has 21 heavy (non-hydrogen) atoms. The predicted molar refractivity (Wildman–Crippen MR) is 81.2 cm³/mol. The summed E-state index contributed by atoms with van der Waals surface area (Å²) in [5.74, 6) is -0.00422. The Hall–Kier alpha value is -0.220. The van der Waals surface area contributed by atoms with Crippen molar-refractivity contribution in [3.63, 3.8) is 0 Å². The first-order valence-corrected chi connectivity index (χ1v) is 10.6. The highest BCUT2D eigenvalue weighted by atomic mass is 32.2. The Labute approximate surface area is 127 Å². The Morgan fingerprint density at radius 3 is 2.29 bits per heavy atom. The zero-order chi connectivity index (χ0) is 15.5. The summed E-state index contributed by atoms with van der Waals surface area (Å²) in [4.78, 5) is 0. The van der Waals surface area contributed by atoms with Gasteiger partial charge in [-0.3, -0.25) is 0 Å². The Kier molecular flexibility index (Phi) is 5.64. The fourth-order valence-corrected chi connectivity index (χ4v) is 5.85. The maximum atomic E-state index is 12.6. The van der Waals surface area contributed by atoms with E-state index >= 15 is 0 Å². The van der Waals surface area contributed by atoms with Crippen molar-refractivity contribution < 1.29 is 16.8 Å². The molecule has 0 aromatic rings. The lowest BCUT2D eigenvalue weighted by Gasteiger charge is -2.35. The summed E-state index contributed by atoms with van der Waals surface area (Å²) in [6.07, 6.45) is 6.16. The minimum Gasteiger partial charge on any atom is -0.216 e. The number of nitrogens with two attached hydrogens (primary N) is 1. The molecule has 2 fully saturated rings. The zero-order valence-corrected chi connectivity index (χ0v) is 13.8. The molecular formula is C12H25N3O4S2. The van der Waals surface area contributed by atoms with E-state index in [9.17, 15) is 16.8 Å². The summed E-state index contributed by atoms with van der Waals surface area (Å²) in [6.45, 7) is 1.14. The second-order valence-electron chi connectivity index (χ2n) is 6.06. The summed E-state index contributed by atoms with van der Waals surface area (Å²) >= 11 is 0. The van der Waals surface area contributed by atoms with Crippen molar-refractivity contribution in [1.29, 1.82) is 0 Å². The second kappa shape index (κ2) is 6.91. The van der Waals surface area contributed by atoms with Crippen LogP contribution in [-0.4, -0.2) is 46.0 Å². The van der Waals surface area contributed by atoms with Crippen LogP contribution in [0.1, 0.15) is 44.9 Å². The molecule has 3 N–H and O–H groups in total. The Balaban J connectivity index is 1.96. The summed E-state index contributed by atoms with van der Waals surface area (Å²) in [6, 6.07) is 0. The third-order valence-electron chi connectivity index (χ3n) is 4.39. The van der Waals surface area contributed by atoms with E-state index in [0.717, 1.165) is 44.9 Å². The van der Waals surface area contributed by atoms with Gasteiger partial charge in [-0.05, 0) is 31.6 Å². The van der Waals surface area contributed by atoms with E-state index in [0.29, 0.717) is 13.1 Å². The Morgan fingerprint density at radius 2 is 1.67 bits per heavy atom. The number of nitrogens with zero attached hydrogens (tertiary/aromatic N) is 1. The fourth-order valence-electron chi connectivity index (χ4n) is 3.23. The van der Waals surface area contributed by atoms with Crippen molar-refractivity contribution in [1.82, 2.24) is 9.03 Å². The molecule has 2 rings (SSSR count). The van der Waals surface area contributed by atoms with Crippen LogP contribution in [0.3, 0.4) is 0 Å². The van der Waals surface area contributed by atoms with Gasteiger partial charge in [-0.1, -0.05) is 19.3 Å². The maximum absolute atomic E-state index is 12.6. The molecule has 0 radical (unpaired) electrons. The number of nitrogens with one attached hydrogen (secondary N) is 1. The lowest BCUT2D eigenvalue weighted by atomic mass is 10.0. The van der Waals surface area contributed by atoms with Crippen LogP contribution in [0.15, 0.2) is 0 Å². The first kappa shape index (κ1) is 17.1. The third kappa shape index (κ3) is 4.88. The normalized spacial score (nSPS) is 26.8. The van der Waals surface area contributed by atoms with E-state index in [1.807, 2.05) is 0 Å². The molecule has 1 heterocycles. The van der Waals surface area contributed by atoms with E-state index in [1.54, 1.807) is 4.31 Å². The molecule has 2 aliphatic rings. The van der Waals surface area contributed by atoms with Crippen LogP contribution in [0.25, 0.3) is 0 Å². The van der Waals surface area contributed by atoms with Crippen LogP contribution in [-0.2, 0) is 20.2 Å². The van der Waals surface area contributed by atoms with Gasteiger partial charge < -0.3 is 0 Å². The van der Waals surface area contributed by atoms with Gasteiger partial charge >= 0.3 is 0 Å². The number of piperidine rings is 1. The van der Waals surface area contributed by atoms with Gasteiger partial charge in [0.15, 0.2) is 0 Å². The molecule has 1 saturated heterocycles. The van der Waals surface area contributed by atoms with Crippen molar-refractivity contribution in [2.24, 2.45) is 11.1 Å². The molecule has 0 spiro atoms. The molecule has 1 saturated carbocycles. The molecule has 0 amide bonds. The maximum Gasteiger partial charge on any atom is 0.274 e. The Morgan fingerprint density at radius 1 is 1.00 bits per heavy atom. The van der Waals surface area contributed by atoms with E-state index in [-0.39, 0.29) is 17.7 Å². The highest BCUT2D eigenvalue weighted by Gasteiger charge is 2.35. The standard InChI is InChI=1S/C12H25N3O4S2/c13-21(18,19)14-9-11-5-4-8-15(10-11)20(16,17)12-6-2-1-3-7-12/h11-12,14H,1-10H2,(H2,13,18,19). The summed E-state index contributed by atoms with van der Waals surface area (Å²) in [5.41, 5.74) is 0. The monoisotopic (exact) mass is 339 g/mol. The van der Waals surface area contributed by atoms with Gasteiger partial charge in [0.25, 0.3) is 10.2 Å². The first-order chi connectivity index (χ1) is 9.79. The zero-order valence-electron chi connectivity index (χ0n) is 12.2. The Bertz CT molecular complexity index is 541. The molecule has 1 aliphatic carbocycles. The molecule has 9 heteroatoms. The van der Waals surface area contributed by atoms with Gasteiger partial charge in [-0.15, -0.1) is 0 Å². The number of sulfonamides is 1. The minimum atomic E-state index is -3.71. The van der Waals surface area contributed by atoms with Crippen LogP contribution < -0.4 is 9.86 Å². The summed E-state index contributed by atoms with van der Waals surface area (Å²) < 4.78 is 51.0. The van der Waals surface area contributed by atoms with Crippen LogP contribution in [0.5, 0.6) is 0 Å². The molecule has 1 unspecified atom stereocenters. The highest BCUT2D eigenvalue weighted by molar-refractivity contribution is 7.89. The van der Waals surface area contributed by atoms with Gasteiger partial charge in [0.2, 0.25) is 10.0 Å². The minimum absolute atomic E-state index is 0.00422. The van der Waals surface area contributed by atoms with Crippen molar-refractivity contribution in [3.8, 4) is 0 Å². The molecule has 124 valence electrons. The molecule has 0 bridgehead atoms. The molecule has 0 aromatic carbocycles. The van der Waals surface area contributed by atoms with Gasteiger partial charge in [0.1, 0.15) is 0 Å². The molecule has 1 aliphatic heterocycles. The van der Waals surface area contributed by atoms with Crippen molar-refractivity contribution in [2.75, 3.05) is 19.6 Å². The topological polar surface area (TPSA) is 110 Å². The smallest absolute Gasteiger partial charge is 0.216 e. The average Bonchev–Trinajstić information content (AvgIpc) is 2.46. The number of hydrogen-bond acceptors (Lipinski definition) is 4. The van der Waals surface area contributed by atoms with E-state index in [4.69, 9.17) is 5.14 Å². The SMILES string of the molecule is NS(=O)(=O)NCC1CCCN(S(=O)(=O)C2CCCCC2)C1. The van der Waals surface area contributed by atoms with Gasteiger partial charge in [0, 0.05) is 19.6 Å². The van der Waals surface area contributed by atoms with Crippen molar-refractivity contribution >= 4 is 20.2 Å². The van der Waals surface area contributed by atoms with Crippen molar-refractivity contribution in [2.45, 2.75) is 50.2 Å².